The third-order valence-corrected chi connectivity index (χ3v) is 2.78. The minimum Gasteiger partial charge on any atom is -0.456 e. The van der Waals surface area contributed by atoms with E-state index in [1.54, 1.807) is 24.6 Å². The van der Waals surface area contributed by atoms with Crippen molar-refractivity contribution >= 4 is 22.3 Å². The van der Waals surface area contributed by atoms with E-state index in [2.05, 4.69) is 4.98 Å². The van der Waals surface area contributed by atoms with Gasteiger partial charge in [-0.25, -0.2) is 9.78 Å². The lowest BCUT2D eigenvalue weighted by atomic mass is 10.4. The summed E-state index contributed by atoms with van der Waals surface area (Å²) >= 11 is 1.36. The zero-order chi connectivity index (χ0) is 12.3. The van der Waals surface area contributed by atoms with Gasteiger partial charge in [0.05, 0.1) is 5.69 Å². The predicted molar refractivity (Wildman–Crippen MR) is 63.9 cm³/mol. The Kier molecular flexibility index (Phi) is 3.34. The lowest BCUT2D eigenvalue weighted by Gasteiger charge is -2.01. The summed E-state index contributed by atoms with van der Waals surface area (Å²) < 4.78 is 6.36. The maximum absolute atomic E-state index is 11.6. The first-order chi connectivity index (χ1) is 8.20. The monoisotopic (exact) mass is 250 g/mol. The van der Waals surface area contributed by atoms with E-state index < -0.39 is 5.97 Å². The molecule has 88 valence electrons. The van der Waals surface area contributed by atoms with Crippen molar-refractivity contribution in [1.82, 2.24) is 9.38 Å². The summed E-state index contributed by atoms with van der Waals surface area (Å²) in [6, 6.07) is 1.36. The Hall–Kier alpha value is -1.95. The van der Waals surface area contributed by atoms with Crippen LogP contribution in [0.1, 0.15) is 12.6 Å². The number of aromatic nitrogens is 2. The van der Waals surface area contributed by atoms with Crippen LogP contribution >= 0.6 is 11.3 Å². The van der Waals surface area contributed by atoms with Crippen LogP contribution in [0.15, 0.2) is 34.6 Å². The summed E-state index contributed by atoms with van der Waals surface area (Å²) in [5.74, 6) is -0.444. The van der Waals surface area contributed by atoms with E-state index in [1.165, 1.54) is 27.9 Å². The molecule has 0 fully saturated rings. The lowest BCUT2D eigenvalue weighted by molar-refractivity contribution is -0.139. The van der Waals surface area contributed by atoms with Gasteiger partial charge in [0.1, 0.15) is 6.61 Å². The van der Waals surface area contributed by atoms with Crippen LogP contribution < -0.4 is 5.56 Å². The van der Waals surface area contributed by atoms with Gasteiger partial charge in [-0.15, -0.1) is 11.3 Å². The van der Waals surface area contributed by atoms with E-state index in [1.807, 2.05) is 0 Å². The Morgan fingerprint density at radius 1 is 1.65 bits per heavy atom. The van der Waals surface area contributed by atoms with Crippen molar-refractivity contribution in [3.63, 3.8) is 0 Å². The highest BCUT2D eigenvalue weighted by molar-refractivity contribution is 7.15. The number of rotatable bonds is 3. The van der Waals surface area contributed by atoms with Gasteiger partial charge in [-0.05, 0) is 6.92 Å². The SMILES string of the molecule is C/C=C/C(=O)OCc1cc(=O)n2ccsc2n1. The molecule has 0 aliphatic rings. The number of allylic oxidation sites excluding steroid dienone is 1. The highest BCUT2D eigenvalue weighted by Gasteiger charge is 2.05. The van der Waals surface area contributed by atoms with E-state index in [9.17, 15) is 9.59 Å². The first kappa shape index (κ1) is 11.5. The number of esters is 1. The number of ether oxygens (including phenoxy) is 1. The molecule has 0 aromatic carbocycles. The number of nitrogens with zero attached hydrogens (tertiary/aromatic N) is 2. The van der Waals surface area contributed by atoms with Gasteiger partial charge in [0, 0.05) is 23.7 Å². The van der Waals surface area contributed by atoms with Crippen LogP contribution in [-0.2, 0) is 16.1 Å². The predicted octanol–water partition coefficient (Wildman–Crippen LogP) is 1.38. The third-order valence-electron chi connectivity index (χ3n) is 2.02. The second-order valence-electron chi connectivity index (χ2n) is 3.25. The van der Waals surface area contributed by atoms with Gasteiger partial charge >= 0.3 is 5.97 Å². The van der Waals surface area contributed by atoms with Crippen LogP contribution in [0.4, 0.5) is 0 Å². The normalized spacial score (nSPS) is 11.1. The average Bonchev–Trinajstić information content (AvgIpc) is 2.75. The van der Waals surface area contributed by atoms with E-state index in [0.717, 1.165) is 0 Å². The van der Waals surface area contributed by atoms with Crippen molar-refractivity contribution in [2.45, 2.75) is 13.5 Å². The van der Waals surface area contributed by atoms with Crippen molar-refractivity contribution in [3.8, 4) is 0 Å². The molecule has 0 atom stereocenters. The molecule has 0 unspecified atom stereocenters. The zero-order valence-electron chi connectivity index (χ0n) is 9.12. The van der Waals surface area contributed by atoms with Gasteiger partial charge in [0.25, 0.3) is 5.56 Å². The number of hydrogen-bond donors (Lipinski definition) is 0. The van der Waals surface area contributed by atoms with Crippen molar-refractivity contribution < 1.29 is 9.53 Å². The second-order valence-corrected chi connectivity index (χ2v) is 4.12. The Morgan fingerprint density at radius 3 is 3.24 bits per heavy atom. The molecular formula is C11H10N2O3S. The fourth-order valence-electron chi connectivity index (χ4n) is 1.29. The van der Waals surface area contributed by atoms with Gasteiger partial charge in [-0.1, -0.05) is 6.08 Å². The van der Waals surface area contributed by atoms with Gasteiger partial charge < -0.3 is 4.74 Å². The van der Waals surface area contributed by atoms with E-state index in [4.69, 9.17) is 4.74 Å². The van der Waals surface area contributed by atoms with Crippen molar-refractivity contribution in [1.29, 1.82) is 0 Å². The second kappa shape index (κ2) is 4.92. The molecule has 2 rings (SSSR count). The molecule has 0 saturated carbocycles. The molecule has 5 nitrogen and oxygen atoms in total. The van der Waals surface area contributed by atoms with Gasteiger partial charge in [0.2, 0.25) is 0 Å². The van der Waals surface area contributed by atoms with Crippen molar-refractivity contribution in [2.75, 3.05) is 0 Å². The maximum Gasteiger partial charge on any atom is 0.330 e. The van der Waals surface area contributed by atoms with E-state index in [-0.39, 0.29) is 12.2 Å². The number of fused-ring (bicyclic) bond motifs is 1. The molecule has 0 spiro atoms. The molecule has 0 bridgehead atoms. The topological polar surface area (TPSA) is 60.7 Å². The molecule has 0 radical (unpaired) electrons. The Balaban J connectivity index is 2.19. The summed E-state index contributed by atoms with van der Waals surface area (Å²) in [6.45, 7) is 1.73. The summed E-state index contributed by atoms with van der Waals surface area (Å²) in [4.78, 5) is 27.5. The Labute approximate surface area is 101 Å². The smallest absolute Gasteiger partial charge is 0.330 e. The average molecular weight is 250 g/mol. The number of thiazole rings is 1. The van der Waals surface area contributed by atoms with E-state index in [0.29, 0.717) is 10.7 Å². The van der Waals surface area contributed by atoms with Crippen molar-refractivity contribution in [3.05, 3.63) is 45.8 Å². The number of carbonyl (C=O) groups excluding carboxylic acids is 1. The van der Waals surface area contributed by atoms with Gasteiger partial charge in [-0.2, -0.15) is 0 Å². The summed E-state index contributed by atoms with van der Waals surface area (Å²) in [6.07, 6.45) is 4.56. The molecule has 0 saturated heterocycles. The molecule has 0 amide bonds. The summed E-state index contributed by atoms with van der Waals surface area (Å²) in [7, 11) is 0. The van der Waals surface area contributed by atoms with Crippen LogP contribution in [0.25, 0.3) is 4.96 Å². The highest BCUT2D eigenvalue weighted by Crippen LogP contribution is 2.07. The minimum absolute atomic E-state index is 0.00676. The molecular weight excluding hydrogens is 240 g/mol. The molecule has 0 aliphatic carbocycles. The highest BCUT2D eigenvalue weighted by atomic mass is 32.1. The first-order valence-corrected chi connectivity index (χ1v) is 5.84. The molecule has 6 heteroatoms. The first-order valence-electron chi connectivity index (χ1n) is 4.96. The van der Waals surface area contributed by atoms with Crippen LogP contribution in [-0.4, -0.2) is 15.4 Å². The molecule has 2 aromatic heterocycles. The fraction of sp³-hybridized carbons (Fsp3) is 0.182. The van der Waals surface area contributed by atoms with Crippen LogP contribution in [0, 0.1) is 0 Å². The third kappa shape index (κ3) is 2.59. The van der Waals surface area contributed by atoms with Crippen LogP contribution in [0.2, 0.25) is 0 Å². The molecule has 0 N–H and O–H groups in total. The molecule has 17 heavy (non-hydrogen) atoms. The van der Waals surface area contributed by atoms with Crippen LogP contribution in [0.5, 0.6) is 0 Å². The minimum atomic E-state index is -0.444. The molecule has 0 aliphatic heterocycles. The standard InChI is InChI=1S/C11H10N2O3S/c1-2-3-10(15)16-7-8-6-9(14)13-4-5-17-11(13)12-8/h2-6H,7H2,1H3/b3-2+. The number of carbonyl (C=O) groups is 1. The zero-order valence-corrected chi connectivity index (χ0v) is 9.94. The largest absolute Gasteiger partial charge is 0.456 e. The Morgan fingerprint density at radius 2 is 2.47 bits per heavy atom. The van der Waals surface area contributed by atoms with E-state index >= 15 is 0 Å². The molecule has 2 aromatic rings. The Bertz CT molecular complexity index is 627. The summed E-state index contributed by atoms with van der Waals surface area (Å²) in [5, 5.41) is 1.78. The fourth-order valence-corrected chi connectivity index (χ4v) is 2.03. The number of hydrogen-bond acceptors (Lipinski definition) is 5. The van der Waals surface area contributed by atoms with Crippen molar-refractivity contribution in [2.24, 2.45) is 0 Å². The van der Waals surface area contributed by atoms with Gasteiger partial charge in [0.15, 0.2) is 4.96 Å². The van der Waals surface area contributed by atoms with Crippen LogP contribution in [0.3, 0.4) is 0 Å². The lowest BCUT2D eigenvalue weighted by Crippen LogP contribution is -2.14. The summed E-state index contributed by atoms with van der Waals surface area (Å²) in [5.41, 5.74) is 0.281. The van der Waals surface area contributed by atoms with Gasteiger partial charge in [-0.3, -0.25) is 9.20 Å². The molecule has 2 heterocycles. The maximum atomic E-state index is 11.6. The quantitative estimate of drug-likeness (QED) is 0.610.